The van der Waals surface area contributed by atoms with Gasteiger partial charge in [-0.1, -0.05) is 30.3 Å². The molecule has 0 aliphatic carbocycles. The fourth-order valence-corrected chi connectivity index (χ4v) is 4.60. The lowest BCUT2D eigenvalue weighted by Gasteiger charge is -2.18. The molecule has 1 unspecified atom stereocenters. The van der Waals surface area contributed by atoms with Crippen LogP contribution in [-0.4, -0.2) is 39.1 Å². The standard InChI is InChI=1S/C27H27N5O2/c1-16-13-17(2)32-26(30-16)25(18(3)31-32)27(33)29-14-22(19-9-11-20(34-4)12-10-19)23-15-28-24-8-6-5-7-21(23)24/h5-13,15,22,28H,14H2,1-4H3,(H,29,33). The maximum absolute atomic E-state index is 13.4. The quantitative estimate of drug-likeness (QED) is 0.390. The zero-order valence-corrected chi connectivity index (χ0v) is 19.7. The van der Waals surface area contributed by atoms with Crippen LogP contribution in [-0.2, 0) is 0 Å². The second-order valence-electron chi connectivity index (χ2n) is 8.56. The van der Waals surface area contributed by atoms with E-state index in [4.69, 9.17) is 4.74 Å². The first-order chi connectivity index (χ1) is 16.5. The molecule has 2 aromatic carbocycles. The van der Waals surface area contributed by atoms with Crippen LogP contribution in [0.25, 0.3) is 16.6 Å². The van der Waals surface area contributed by atoms with Gasteiger partial charge in [-0.2, -0.15) is 5.10 Å². The molecule has 1 atom stereocenters. The second-order valence-corrected chi connectivity index (χ2v) is 8.56. The van der Waals surface area contributed by atoms with E-state index in [9.17, 15) is 4.79 Å². The van der Waals surface area contributed by atoms with Crippen LogP contribution >= 0.6 is 0 Å². The molecule has 2 N–H and O–H groups in total. The van der Waals surface area contributed by atoms with E-state index in [0.717, 1.165) is 39.2 Å². The van der Waals surface area contributed by atoms with Crippen LogP contribution in [0.2, 0.25) is 0 Å². The van der Waals surface area contributed by atoms with Gasteiger partial charge in [-0.3, -0.25) is 4.79 Å². The Labute approximate surface area is 197 Å². The van der Waals surface area contributed by atoms with Crippen molar-refractivity contribution in [2.24, 2.45) is 0 Å². The molecule has 0 saturated carbocycles. The van der Waals surface area contributed by atoms with Crippen molar-refractivity contribution in [1.82, 2.24) is 24.9 Å². The van der Waals surface area contributed by atoms with E-state index in [1.165, 1.54) is 0 Å². The average molecular weight is 454 g/mol. The first-order valence-electron chi connectivity index (χ1n) is 11.3. The highest BCUT2D eigenvalue weighted by molar-refractivity contribution is 6.01. The zero-order chi connectivity index (χ0) is 23.8. The monoisotopic (exact) mass is 453 g/mol. The highest BCUT2D eigenvalue weighted by atomic mass is 16.5. The molecule has 0 spiro atoms. The lowest BCUT2D eigenvalue weighted by Crippen LogP contribution is -2.29. The Balaban J connectivity index is 1.50. The normalized spacial score (nSPS) is 12.2. The van der Waals surface area contributed by atoms with Gasteiger partial charge in [0.15, 0.2) is 5.65 Å². The number of aromatic amines is 1. The van der Waals surface area contributed by atoms with E-state index in [1.807, 2.05) is 69.4 Å². The Morgan fingerprint density at radius 1 is 1.12 bits per heavy atom. The maximum atomic E-state index is 13.4. The number of para-hydroxylation sites is 1. The molecule has 3 aromatic heterocycles. The summed E-state index contributed by atoms with van der Waals surface area (Å²) in [6, 6.07) is 18.1. The van der Waals surface area contributed by atoms with Crippen LogP contribution in [0, 0.1) is 20.8 Å². The summed E-state index contributed by atoms with van der Waals surface area (Å²) in [4.78, 5) is 21.4. The van der Waals surface area contributed by atoms with E-state index in [-0.39, 0.29) is 11.8 Å². The molecule has 0 saturated heterocycles. The third-order valence-corrected chi connectivity index (χ3v) is 6.28. The number of H-pyrrole nitrogens is 1. The second kappa shape index (κ2) is 8.67. The highest BCUT2D eigenvalue weighted by Crippen LogP contribution is 2.31. The summed E-state index contributed by atoms with van der Waals surface area (Å²) < 4.78 is 7.07. The summed E-state index contributed by atoms with van der Waals surface area (Å²) >= 11 is 0. The van der Waals surface area contributed by atoms with Crippen molar-refractivity contribution in [3.8, 4) is 5.75 Å². The van der Waals surface area contributed by atoms with Crippen LogP contribution in [0.5, 0.6) is 5.75 Å². The van der Waals surface area contributed by atoms with E-state index >= 15 is 0 Å². The molecule has 3 heterocycles. The number of nitrogens with one attached hydrogen (secondary N) is 2. The van der Waals surface area contributed by atoms with E-state index in [1.54, 1.807) is 11.6 Å². The van der Waals surface area contributed by atoms with E-state index in [2.05, 4.69) is 32.5 Å². The van der Waals surface area contributed by atoms with Crippen molar-refractivity contribution >= 4 is 22.5 Å². The number of hydrogen-bond acceptors (Lipinski definition) is 4. The highest BCUT2D eigenvalue weighted by Gasteiger charge is 2.23. The van der Waals surface area contributed by atoms with Crippen LogP contribution in [0.15, 0.2) is 60.8 Å². The van der Waals surface area contributed by atoms with Crippen LogP contribution in [0.3, 0.4) is 0 Å². The first kappa shape index (κ1) is 21.7. The number of aryl methyl sites for hydroxylation is 3. The van der Waals surface area contributed by atoms with Gasteiger partial charge in [0.25, 0.3) is 5.91 Å². The van der Waals surface area contributed by atoms with Gasteiger partial charge in [0.2, 0.25) is 0 Å². The molecule has 172 valence electrons. The average Bonchev–Trinajstić information content (AvgIpc) is 3.40. The van der Waals surface area contributed by atoms with Crippen LogP contribution < -0.4 is 10.1 Å². The lowest BCUT2D eigenvalue weighted by molar-refractivity contribution is 0.0953. The Morgan fingerprint density at radius 3 is 2.65 bits per heavy atom. The van der Waals surface area contributed by atoms with Crippen molar-refractivity contribution in [2.75, 3.05) is 13.7 Å². The number of carbonyl (C=O) groups is 1. The predicted molar refractivity (Wildman–Crippen MR) is 133 cm³/mol. The minimum absolute atomic E-state index is 0.0513. The molecule has 0 aliphatic heterocycles. The summed E-state index contributed by atoms with van der Waals surface area (Å²) in [5.41, 5.74) is 6.84. The van der Waals surface area contributed by atoms with Crippen LogP contribution in [0.1, 0.15) is 44.5 Å². The number of amides is 1. The molecule has 34 heavy (non-hydrogen) atoms. The molecule has 0 aliphatic rings. The molecular weight excluding hydrogens is 426 g/mol. The number of ether oxygens (including phenoxy) is 1. The number of nitrogens with zero attached hydrogens (tertiary/aromatic N) is 3. The topological polar surface area (TPSA) is 84.3 Å². The number of carbonyl (C=O) groups excluding carboxylic acids is 1. The van der Waals surface area contributed by atoms with Gasteiger partial charge in [0, 0.05) is 41.0 Å². The summed E-state index contributed by atoms with van der Waals surface area (Å²) in [6.07, 6.45) is 2.03. The van der Waals surface area contributed by atoms with Crippen molar-refractivity contribution < 1.29 is 9.53 Å². The number of methoxy groups -OCH3 is 1. The van der Waals surface area contributed by atoms with Gasteiger partial charge in [0.05, 0.1) is 12.8 Å². The molecule has 0 fully saturated rings. The fraction of sp³-hybridized carbons (Fsp3) is 0.222. The third-order valence-electron chi connectivity index (χ3n) is 6.28. The Kier molecular flexibility index (Phi) is 5.53. The molecular formula is C27H27N5O2. The van der Waals surface area contributed by atoms with Gasteiger partial charge in [-0.25, -0.2) is 9.50 Å². The Hall–Kier alpha value is -4.13. The van der Waals surface area contributed by atoms with Crippen molar-refractivity contribution in [1.29, 1.82) is 0 Å². The maximum Gasteiger partial charge on any atom is 0.257 e. The molecule has 1 amide bonds. The van der Waals surface area contributed by atoms with Crippen molar-refractivity contribution in [3.63, 3.8) is 0 Å². The zero-order valence-electron chi connectivity index (χ0n) is 19.7. The fourth-order valence-electron chi connectivity index (χ4n) is 4.60. The molecule has 0 radical (unpaired) electrons. The largest absolute Gasteiger partial charge is 0.497 e. The number of rotatable bonds is 6. The number of aromatic nitrogens is 4. The predicted octanol–water partition coefficient (Wildman–Crippen LogP) is 4.71. The minimum atomic E-state index is -0.177. The van der Waals surface area contributed by atoms with E-state index in [0.29, 0.717) is 23.4 Å². The summed E-state index contributed by atoms with van der Waals surface area (Å²) in [6.45, 7) is 6.16. The Bertz CT molecular complexity index is 1500. The lowest BCUT2D eigenvalue weighted by atomic mass is 9.90. The molecule has 0 bridgehead atoms. The van der Waals surface area contributed by atoms with Gasteiger partial charge in [0.1, 0.15) is 11.3 Å². The van der Waals surface area contributed by atoms with Gasteiger partial charge >= 0.3 is 0 Å². The Morgan fingerprint density at radius 2 is 1.88 bits per heavy atom. The van der Waals surface area contributed by atoms with Gasteiger partial charge < -0.3 is 15.0 Å². The summed E-state index contributed by atoms with van der Waals surface area (Å²) in [7, 11) is 1.66. The van der Waals surface area contributed by atoms with Crippen molar-refractivity contribution in [2.45, 2.75) is 26.7 Å². The van der Waals surface area contributed by atoms with E-state index < -0.39 is 0 Å². The number of fused-ring (bicyclic) bond motifs is 2. The number of benzene rings is 2. The minimum Gasteiger partial charge on any atom is -0.497 e. The molecule has 5 rings (SSSR count). The van der Waals surface area contributed by atoms with Crippen LogP contribution in [0.4, 0.5) is 0 Å². The summed E-state index contributed by atoms with van der Waals surface area (Å²) in [5, 5.41) is 8.84. The SMILES string of the molecule is COc1ccc(C(CNC(=O)c2c(C)nn3c(C)cc(C)nc23)c2c[nH]c3ccccc23)cc1. The summed E-state index contributed by atoms with van der Waals surface area (Å²) in [5.74, 6) is 0.567. The molecule has 7 heteroatoms. The molecule has 5 aromatic rings. The van der Waals surface area contributed by atoms with Gasteiger partial charge in [-0.15, -0.1) is 0 Å². The smallest absolute Gasteiger partial charge is 0.257 e. The number of hydrogen-bond donors (Lipinski definition) is 2. The van der Waals surface area contributed by atoms with Gasteiger partial charge in [-0.05, 0) is 56.2 Å². The molecule has 7 nitrogen and oxygen atoms in total. The van der Waals surface area contributed by atoms with Crippen molar-refractivity contribution in [3.05, 3.63) is 94.6 Å². The first-order valence-corrected chi connectivity index (χ1v) is 11.3. The third kappa shape index (κ3) is 3.79.